The molecule has 1 saturated heterocycles. The number of esters is 1. The van der Waals surface area contributed by atoms with Gasteiger partial charge in [0.25, 0.3) is 11.8 Å². The summed E-state index contributed by atoms with van der Waals surface area (Å²) in [6, 6.07) is 26.4. The fourth-order valence-electron chi connectivity index (χ4n) is 7.29. The van der Waals surface area contributed by atoms with E-state index in [1.807, 2.05) is 0 Å². The van der Waals surface area contributed by atoms with Gasteiger partial charge in [0, 0.05) is 82.2 Å². The summed E-state index contributed by atoms with van der Waals surface area (Å²) in [4.78, 5) is 103. The summed E-state index contributed by atoms with van der Waals surface area (Å²) in [5, 5.41) is 55.2. The molecular formula is C60H75FN14O19. The van der Waals surface area contributed by atoms with E-state index in [1.165, 1.54) is 21.9 Å². The standard InChI is InChI=1S/C29H31N7O10.C28H34N6O8.C2H7NO.CH3F/c1-3-35(28(40)45-22-9-7-19(8-10-22)17-44-29(41)46-36-25(38)11-12-26(36)39)16-23-31-33-27(34-32-23)20-5-4-6-21(15-20)30-24(37)18-43-14-13-42-2;1-3-34(28(38)42-23-11-9-20(10-12-23)18-41-26(37)8-5-13-35)17-24-30-32-27(33-31-24)21-6-4-7-22(16-21)29-25(36)19-40-15-14-39-2;3-1-2-4;1-2/h4-10,15H,3,11-14,16-18H2,1-2H3,(H,30,37);4,6-7,9-12,16,35H,3,5,8,13-15,17-19H2,1-2H3,(H,29,36);4H,1-3H2;1H3/i;;;1D. The third kappa shape index (κ3) is 28.1. The first-order valence-electron chi connectivity index (χ1n) is 29.5. The van der Waals surface area contributed by atoms with Gasteiger partial charge in [0.1, 0.15) is 37.9 Å². The number of benzene rings is 4. The number of imide groups is 1. The number of carbonyl (C=O) groups excluding carboxylic acids is 8. The Balaban J connectivity index is 0.000000369. The highest BCUT2D eigenvalue weighted by atomic mass is 19.1. The van der Waals surface area contributed by atoms with Crippen molar-refractivity contribution in [1.29, 1.82) is 0 Å². The summed E-state index contributed by atoms with van der Waals surface area (Å²) >= 11 is 0. The SMILES string of the molecule is CCN(Cc1nnc(-c2cccc(NC(=O)COCCOC)c2)nn1)C(=O)Oc1ccc(COC(=O)CCCO)cc1.CCN(Cc1nnc(-c2cccc(NC(=O)COCCOC)c2)nn1)C(=O)Oc1ccc(COC(=O)ON2C(=O)CCC2=O)cc1.NCCO.[2H]CF. The quantitative estimate of drug-likeness (QED) is 0.0232. The van der Waals surface area contributed by atoms with Crippen molar-refractivity contribution in [2.45, 2.75) is 65.8 Å². The molecule has 0 unspecified atom stereocenters. The van der Waals surface area contributed by atoms with Gasteiger partial charge in [0.15, 0.2) is 11.6 Å². The molecule has 6 N–H and O–H groups in total. The van der Waals surface area contributed by atoms with Gasteiger partial charge in [-0.2, -0.15) is 0 Å². The zero-order valence-electron chi connectivity index (χ0n) is 53.1. The number of carbonyl (C=O) groups is 8. The van der Waals surface area contributed by atoms with E-state index in [0.717, 1.165) is 5.56 Å². The van der Waals surface area contributed by atoms with E-state index in [-0.39, 0.29) is 119 Å². The van der Waals surface area contributed by atoms with Crippen LogP contribution in [-0.4, -0.2) is 208 Å². The molecule has 0 atom stereocenters. The molecule has 4 aromatic carbocycles. The number of rotatable bonds is 31. The molecule has 0 bridgehead atoms. The summed E-state index contributed by atoms with van der Waals surface area (Å²) < 4.78 is 56.6. The van der Waals surface area contributed by atoms with Crippen LogP contribution in [0.25, 0.3) is 22.8 Å². The fourth-order valence-corrected chi connectivity index (χ4v) is 7.29. The number of hydroxylamine groups is 2. The molecule has 6 aromatic rings. The number of methoxy groups -OCH3 is 2. The van der Waals surface area contributed by atoms with Crippen molar-refractivity contribution in [2.24, 2.45) is 5.73 Å². The molecule has 2 aromatic heterocycles. The van der Waals surface area contributed by atoms with Crippen molar-refractivity contribution in [2.75, 3.05) is 104 Å². The van der Waals surface area contributed by atoms with Gasteiger partial charge >= 0.3 is 24.3 Å². The van der Waals surface area contributed by atoms with Gasteiger partial charge in [0.05, 0.1) is 54.6 Å². The van der Waals surface area contributed by atoms with Crippen LogP contribution in [0.3, 0.4) is 0 Å². The van der Waals surface area contributed by atoms with Gasteiger partial charge in [-0.1, -0.05) is 53.6 Å². The van der Waals surface area contributed by atoms with Crippen LogP contribution in [0.5, 0.6) is 11.5 Å². The molecule has 0 radical (unpaired) electrons. The highest BCUT2D eigenvalue weighted by molar-refractivity contribution is 6.01. The monoisotopic (exact) mass is 1320 g/mol. The normalized spacial score (nSPS) is 11.4. The van der Waals surface area contributed by atoms with Crippen molar-refractivity contribution in [1.82, 2.24) is 55.7 Å². The minimum Gasteiger partial charge on any atom is -0.461 e. The average Bonchev–Trinajstić information content (AvgIpc) is 1.79. The molecule has 33 nitrogen and oxygen atoms in total. The molecule has 7 rings (SSSR count). The van der Waals surface area contributed by atoms with Gasteiger partial charge in [-0.15, -0.1) is 40.8 Å². The third-order valence-corrected chi connectivity index (χ3v) is 12.0. The molecule has 94 heavy (non-hydrogen) atoms. The third-order valence-electron chi connectivity index (χ3n) is 12.0. The van der Waals surface area contributed by atoms with E-state index in [4.69, 9.17) is 55.2 Å². The van der Waals surface area contributed by atoms with Crippen LogP contribution in [0.1, 0.15) is 63.7 Å². The van der Waals surface area contributed by atoms with Gasteiger partial charge in [-0.25, -0.2) is 14.4 Å². The Morgan fingerprint density at radius 3 is 1.41 bits per heavy atom. The number of halogens is 1. The van der Waals surface area contributed by atoms with E-state index in [2.05, 4.69) is 56.3 Å². The first-order chi connectivity index (χ1) is 46.0. The van der Waals surface area contributed by atoms with Gasteiger partial charge in [-0.3, -0.25) is 33.2 Å². The van der Waals surface area contributed by atoms with Crippen LogP contribution in [0, 0.1) is 0 Å². The lowest BCUT2D eigenvalue weighted by atomic mass is 10.2. The number of nitrogens with two attached hydrogens (primary N) is 1. The lowest BCUT2D eigenvalue weighted by molar-refractivity contribution is -0.177. The number of ether oxygens (including phenoxy) is 8. The van der Waals surface area contributed by atoms with Crippen LogP contribution < -0.4 is 25.8 Å². The number of hydrogen-bond acceptors (Lipinski definition) is 28. The fraction of sp³-hybridized carbons (Fsp3) is 0.400. The van der Waals surface area contributed by atoms with Crippen LogP contribution >= 0.6 is 0 Å². The minimum absolute atomic E-state index is 0.0230. The maximum Gasteiger partial charge on any atom is 0.534 e. The van der Waals surface area contributed by atoms with E-state index >= 15 is 0 Å². The van der Waals surface area contributed by atoms with Crippen molar-refractivity contribution in [3.8, 4) is 34.3 Å². The maximum absolute atomic E-state index is 12.8. The molecule has 0 aliphatic carbocycles. The Morgan fingerprint density at radius 2 is 1.03 bits per heavy atom. The number of aromatic nitrogens is 8. The van der Waals surface area contributed by atoms with Crippen LogP contribution in [0.2, 0.25) is 0 Å². The number of aliphatic hydroxyl groups excluding tert-OH is 2. The van der Waals surface area contributed by atoms with Crippen molar-refractivity contribution < 1.29 is 97.1 Å². The number of alkyl halides is 1. The second kappa shape index (κ2) is 43.5. The summed E-state index contributed by atoms with van der Waals surface area (Å²) in [7, 11) is 2.10. The number of nitrogens with one attached hydrogen (secondary N) is 2. The Kier molecular flexibility index (Phi) is 34.5. The first kappa shape index (κ1) is 74.5. The summed E-state index contributed by atoms with van der Waals surface area (Å²) in [5.74, 6) is -0.861. The van der Waals surface area contributed by atoms with Gasteiger partial charge in [0.2, 0.25) is 23.5 Å². The predicted octanol–water partition coefficient (Wildman–Crippen LogP) is 4.17. The molecule has 506 valence electrons. The highest BCUT2D eigenvalue weighted by Gasteiger charge is 2.33. The summed E-state index contributed by atoms with van der Waals surface area (Å²) in [6.45, 7) is 5.59. The number of aliphatic hydroxyl groups is 2. The number of amides is 6. The molecule has 0 saturated carbocycles. The van der Waals surface area contributed by atoms with E-state index < -0.39 is 43.3 Å². The largest absolute Gasteiger partial charge is 0.534 e. The molecule has 3 heterocycles. The molecule has 34 heteroatoms. The van der Waals surface area contributed by atoms with Crippen molar-refractivity contribution >= 4 is 59.3 Å². The topological polar surface area (TPSA) is 423 Å². The maximum atomic E-state index is 12.8. The van der Waals surface area contributed by atoms with E-state index in [0.29, 0.717) is 84.8 Å². The van der Waals surface area contributed by atoms with Crippen LogP contribution in [0.4, 0.5) is 30.1 Å². The number of nitrogens with zero attached hydrogens (tertiary/aromatic N) is 11. The lowest BCUT2D eigenvalue weighted by Crippen LogP contribution is -2.33. The average molecular weight is 1320 g/mol. The van der Waals surface area contributed by atoms with Crippen LogP contribution in [-0.2, 0) is 83.5 Å². The Hall–Kier alpha value is -10.2. The number of hydrogen-bond donors (Lipinski definition) is 5. The van der Waals surface area contributed by atoms with E-state index in [1.54, 1.807) is 113 Å². The zero-order valence-corrected chi connectivity index (χ0v) is 52.1. The first-order valence-corrected chi connectivity index (χ1v) is 28.8. The molecule has 0 spiro atoms. The second-order valence-electron chi connectivity index (χ2n) is 18.9. The summed E-state index contributed by atoms with van der Waals surface area (Å²) in [6.07, 6.45) is -2.03. The van der Waals surface area contributed by atoms with E-state index in [9.17, 15) is 42.7 Å². The number of anilines is 2. The second-order valence-corrected chi connectivity index (χ2v) is 18.9. The zero-order chi connectivity index (χ0) is 69.2. The van der Waals surface area contributed by atoms with Crippen molar-refractivity contribution in [3.05, 3.63) is 120 Å². The lowest BCUT2D eigenvalue weighted by Gasteiger charge is -2.19. The Morgan fingerprint density at radius 1 is 0.617 bits per heavy atom. The molecule has 1 fully saturated rings. The minimum atomic E-state index is -1.20. The summed E-state index contributed by atoms with van der Waals surface area (Å²) in [5.41, 5.74) is 8.25. The molecule has 1 aliphatic heterocycles. The Bertz CT molecular complexity index is 3320. The highest BCUT2D eigenvalue weighted by Crippen LogP contribution is 2.22. The van der Waals surface area contributed by atoms with Gasteiger partial charge in [-0.05, 0) is 79.9 Å². The molecule has 6 amide bonds. The molecule has 1 aliphatic rings. The smallest absolute Gasteiger partial charge is 0.461 e. The molecular weight excluding hydrogens is 1240 g/mol. The van der Waals surface area contributed by atoms with Crippen molar-refractivity contribution in [3.63, 3.8) is 0 Å². The Labute approximate surface area is 540 Å². The predicted molar refractivity (Wildman–Crippen MR) is 328 cm³/mol. The van der Waals surface area contributed by atoms with Crippen LogP contribution in [0.15, 0.2) is 97.1 Å². The van der Waals surface area contributed by atoms with Gasteiger partial charge < -0.3 is 74.3 Å².